The van der Waals surface area contributed by atoms with E-state index in [4.69, 9.17) is 0 Å². The van der Waals surface area contributed by atoms with Crippen LogP contribution in [0.5, 0.6) is 0 Å². The summed E-state index contributed by atoms with van der Waals surface area (Å²) in [6, 6.07) is 11.0. The molecule has 0 bridgehead atoms. The van der Waals surface area contributed by atoms with Gasteiger partial charge in [-0.25, -0.2) is 8.42 Å². The normalized spacial score (nSPS) is 11.5. The molecule has 0 heterocycles. The van der Waals surface area contributed by atoms with Crippen molar-refractivity contribution in [2.75, 3.05) is 0 Å². The molecule has 0 aromatic heterocycles. The predicted octanol–water partition coefficient (Wildman–Crippen LogP) is 3.21. The molecule has 0 fully saturated rings. The van der Waals surface area contributed by atoms with Crippen molar-refractivity contribution in [3.8, 4) is 0 Å². The average Bonchev–Trinajstić information content (AvgIpc) is 2.62. The summed E-state index contributed by atoms with van der Waals surface area (Å²) in [5.74, 6) is 0. The summed E-state index contributed by atoms with van der Waals surface area (Å²) in [4.78, 5) is -0.0490. The molecule has 0 aliphatic rings. The van der Waals surface area contributed by atoms with E-state index in [1.165, 1.54) is 57.4 Å². The van der Waals surface area contributed by atoms with Crippen molar-refractivity contribution in [3.05, 3.63) is 42.0 Å². The molecular formula is C22H31KO3S. The Kier molecular flexibility index (Phi) is 12.6. The Balaban J connectivity index is 0.00000364. The van der Waals surface area contributed by atoms with Gasteiger partial charge in [0.05, 0.1) is 4.90 Å². The fourth-order valence-electron chi connectivity index (χ4n) is 3.50. The van der Waals surface area contributed by atoms with Crippen LogP contribution in [0.15, 0.2) is 41.3 Å². The summed E-state index contributed by atoms with van der Waals surface area (Å²) in [6.45, 7) is 2.24. The van der Waals surface area contributed by atoms with Crippen molar-refractivity contribution in [2.45, 2.75) is 82.4 Å². The number of fused-ring (bicyclic) bond motifs is 1. The SMILES string of the molecule is CCCCCCCCCCCCc1cc2ccccc2cc1S(=O)(=O)[O-].[K+]. The molecule has 2 aromatic rings. The maximum atomic E-state index is 11.6. The van der Waals surface area contributed by atoms with Crippen LogP contribution in [0.25, 0.3) is 10.8 Å². The number of rotatable bonds is 12. The first-order valence-corrected chi connectivity index (χ1v) is 11.4. The van der Waals surface area contributed by atoms with Gasteiger partial charge in [0.15, 0.2) is 0 Å². The second-order valence-electron chi connectivity index (χ2n) is 7.19. The largest absolute Gasteiger partial charge is 1.00 e. The van der Waals surface area contributed by atoms with E-state index < -0.39 is 10.1 Å². The summed E-state index contributed by atoms with van der Waals surface area (Å²) in [6.07, 6.45) is 13.0. The Morgan fingerprint density at radius 1 is 0.778 bits per heavy atom. The van der Waals surface area contributed by atoms with Crippen LogP contribution in [0.1, 0.15) is 76.7 Å². The molecule has 0 radical (unpaired) electrons. The van der Waals surface area contributed by atoms with Gasteiger partial charge < -0.3 is 4.55 Å². The van der Waals surface area contributed by atoms with Gasteiger partial charge in [-0.05, 0) is 41.3 Å². The molecule has 0 atom stereocenters. The van der Waals surface area contributed by atoms with Gasteiger partial charge in [-0.1, -0.05) is 89.0 Å². The van der Waals surface area contributed by atoms with E-state index in [1.54, 1.807) is 0 Å². The minimum Gasteiger partial charge on any atom is -0.744 e. The Labute approximate surface area is 207 Å². The molecule has 0 aliphatic carbocycles. The van der Waals surface area contributed by atoms with Crippen LogP contribution in [-0.4, -0.2) is 13.0 Å². The standard InChI is InChI=1S/C22H32O3S.K/c1-2-3-4-5-6-7-8-9-10-11-16-21-17-19-14-12-13-15-20(19)18-22(21)26(23,24)25;/h12-15,17-18H,2-11,16H2,1H3,(H,23,24,25);/q;+1/p-1. The third-order valence-electron chi connectivity index (χ3n) is 5.00. The fourth-order valence-corrected chi connectivity index (χ4v) is 4.25. The first-order chi connectivity index (χ1) is 12.5. The Morgan fingerprint density at radius 2 is 1.26 bits per heavy atom. The van der Waals surface area contributed by atoms with Crippen LogP contribution in [0.3, 0.4) is 0 Å². The van der Waals surface area contributed by atoms with Crippen molar-refractivity contribution in [3.63, 3.8) is 0 Å². The minimum atomic E-state index is -4.44. The van der Waals surface area contributed by atoms with Crippen LogP contribution in [0.4, 0.5) is 0 Å². The van der Waals surface area contributed by atoms with E-state index in [1.807, 2.05) is 30.3 Å². The van der Waals surface area contributed by atoms with Crippen molar-refractivity contribution in [1.82, 2.24) is 0 Å². The zero-order valence-corrected chi connectivity index (χ0v) is 20.8. The third-order valence-corrected chi connectivity index (χ3v) is 5.92. The van der Waals surface area contributed by atoms with Gasteiger partial charge in [-0.2, -0.15) is 0 Å². The second-order valence-corrected chi connectivity index (χ2v) is 8.54. The molecule has 0 N–H and O–H groups in total. The van der Waals surface area contributed by atoms with Crippen LogP contribution in [0, 0.1) is 0 Å². The molecule has 3 nitrogen and oxygen atoms in total. The molecule has 0 saturated heterocycles. The summed E-state index contributed by atoms with van der Waals surface area (Å²) < 4.78 is 34.9. The van der Waals surface area contributed by atoms with Crippen LogP contribution in [0.2, 0.25) is 0 Å². The van der Waals surface area contributed by atoms with Gasteiger partial charge >= 0.3 is 51.4 Å². The van der Waals surface area contributed by atoms with E-state index in [9.17, 15) is 13.0 Å². The molecule has 5 heteroatoms. The van der Waals surface area contributed by atoms with E-state index >= 15 is 0 Å². The van der Waals surface area contributed by atoms with E-state index in [0.29, 0.717) is 12.0 Å². The second kappa shape index (κ2) is 13.5. The molecule has 0 spiro atoms. The molecule has 144 valence electrons. The maximum absolute atomic E-state index is 11.6. The monoisotopic (exact) mass is 414 g/mol. The molecule has 0 aliphatic heterocycles. The zero-order valence-electron chi connectivity index (χ0n) is 16.9. The van der Waals surface area contributed by atoms with Gasteiger partial charge in [0.1, 0.15) is 10.1 Å². The molecule has 27 heavy (non-hydrogen) atoms. The first kappa shape index (κ1) is 25.3. The number of unbranched alkanes of at least 4 members (excludes halogenated alkanes) is 9. The van der Waals surface area contributed by atoms with Crippen LogP contribution in [-0.2, 0) is 16.5 Å². The Hall–Kier alpha value is 0.246. The third kappa shape index (κ3) is 9.07. The van der Waals surface area contributed by atoms with Crippen molar-refractivity contribution < 1.29 is 64.4 Å². The van der Waals surface area contributed by atoms with Gasteiger partial charge in [-0.15, -0.1) is 0 Å². The van der Waals surface area contributed by atoms with Crippen LogP contribution < -0.4 is 51.4 Å². The van der Waals surface area contributed by atoms with E-state index in [2.05, 4.69) is 6.92 Å². The van der Waals surface area contributed by atoms with Crippen LogP contribution >= 0.6 is 0 Å². The summed E-state index contributed by atoms with van der Waals surface area (Å²) in [7, 11) is -4.44. The Morgan fingerprint density at radius 3 is 1.78 bits per heavy atom. The van der Waals surface area contributed by atoms with E-state index in [0.717, 1.165) is 23.6 Å². The van der Waals surface area contributed by atoms with Gasteiger partial charge in [0, 0.05) is 0 Å². The van der Waals surface area contributed by atoms with Crippen molar-refractivity contribution in [1.29, 1.82) is 0 Å². The molecular weight excluding hydrogens is 383 g/mol. The molecule has 0 unspecified atom stereocenters. The smallest absolute Gasteiger partial charge is 0.744 e. The minimum absolute atomic E-state index is 0. The number of hydrogen-bond acceptors (Lipinski definition) is 3. The maximum Gasteiger partial charge on any atom is 1.00 e. The van der Waals surface area contributed by atoms with E-state index in [-0.39, 0.29) is 56.3 Å². The summed E-state index contributed by atoms with van der Waals surface area (Å²) in [5, 5.41) is 1.79. The van der Waals surface area contributed by atoms with Gasteiger partial charge in [-0.3, -0.25) is 0 Å². The van der Waals surface area contributed by atoms with Gasteiger partial charge in [0.25, 0.3) is 0 Å². The quantitative estimate of drug-likeness (QED) is 0.304. The summed E-state index contributed by atoms with van der Waals surface area (Å²) >= 11 is 0. The zero-order chi connectivity index (χ0) is 18.8. The molecule has 0 amide bonds. The average molecular weight is 415 g/mol. The topological polar surface area (TPSA) is 57.2 Å². The van der Waals surface area contributed by atoms with Gasteiger partial charge in [0.2, 0.25) is 0 Å². The number of benzene rings is 2. The first-order valence-electron chi connectivity index (χ1n) is 10.00. The number of hydrogen-bond donors (Lipinski definition) is 0. The van der Waals surface area contributed by atoms with Crippen molar-refractivity contribution >= 4 is 20.9 Å². The predicted molar refractivity (Wildman–Crippen MR) is 107 cm³/mol. The number of aryl methyl sites for hydroxylation is 1. The summed E-state index contributed by atoms with van der Waals surface area (Å²) in [5.41, 5.74) is 0.665. The molecule has 0 saturated carbocycles. The van der Waals surface area contributed by atoms with Crippen molar-refractivity contribution in [2.24, 2.45) is 0 Å². The Bertz CT molecular complexity index is 787. The molecule has 2 aromatic carbocycles. The fraction of sp³-hybridized carbons (Fsp3) is 0.545. The molecule has 2 rings (SSSR count).